The zero-order chi connectivity index (χ0) is 31.6. The minimum atomic E-state index is -1.03. The smallest absolute Gasteiger partial charge is 0.326 e. The van der Waals surface area contributed by atoms with Gasteiger partial charge in [-0.25, -0.2) is 9.78 Å². The highest BCUT2D eigenvalue weighted by Gasteiger charge is 2.22. The minimum absolute atomic E-state index is 0.138. The molecule has 0 aliphatic heterocycles. The number of rotatable bonds is 14. The highest BCUT2D eigenvalue weighted by Crippen LogP contribution is 2.22. The van der Waals surface area contributed by atoms with E-state index in [4.69, 9.17) is 4.74 Å². The van der Waals surface area contributed by atoms with Crippen molar-refractivity contribution in [3.63, 3.8) is 0 Å². The van der Waals surface area contributed by atoms with E-state index in [1.54, 1.807) is 71.6 Å². The zero-order valence-corrected chi connectivity index (χ0v) is 25.1. The number of carboxylic acid groups (broad SMARTS) is 1. The van der Waals surface area contributed by atoms with Crippen molar-refractivity contribution < 1.29 is 24.2 Å². The van der Waals surface area contributed by atoms with Gasteiger partial charge in [-0.2, -0.15) is 0 Å². The second-order valence-corrected chi connectivity index (χ2v) is 10.7. The Labute approximate surface area is 262 Å². The monoisotopic (exact) mass is 601 g/mol. The van der Waals surface area contributed by atoms with Crippen LogP contribution in [0.2, 0.25) is 0 Å². The van der Waals surface area contributed by atoms with E-state index in [0.717, 1.165) is 22.9 Å². The van der Waals surface area contributed by atoms with Gasteiger partial charge in [-0.1, -0.05) is 85.8 Å². The van der Waals surface area contributed by atoms with Gasteiger partial charge in [-0.15, -0.1) is 0 Å². The Kier molecular flexibility index (Phi) is 10.2. The van der Waals surface area contributed by atoms with E-state index in [-0.39, 0.29) is 18.1 Å². The van der Waals surface area contributed by atoms with Gasteiger partial charge in [0.1, 0.15) is 24.1 Å². The van der Waals surface area contributed by atoms with Crippen LogP contribution >= 0.6 is 0 Å². The number of para-hydroxylation sites is 2. The summed E-state index contributed by atoms with van der Waals surface area (Å²) in [6.45, 7) is 3.30. The van der Waals surface area contributed by atoms with E-state index in [9.17, 15) is 19.5 Å². The Morgan fingerprint density at radius 3 is 2.29 bits per heavy atom. The number of nitrogens with one attached hydrogen (secondary N) is 1. The summed E-state index contributed by atoms with van der Waals surface area (Å²) in [4.78, 5) is 44.8. The van der Waals surface area contributed by atoms with Crippen LogP contribution < -0.4 is 10.1 Å². The third-order valence-corrected chi connectivity index (χ3v) is 7.43. The first-order valence-corrected chi connectivity index (χ1v) is 15.0. The number of aromatic nitrogens is 1. The van der Waals surface area contributed by atoms with Gasteiger partial charge in [-0.3, -0.25) is 9.59 Å². The van der Waals surface area contributed by atoms with Gasteiger partial charge in [0.05, 0.1) is 12.1 Å². The van der Waals surface area contributed by atoms with Crippen LogP contribution in [-0.2, 0) is 11.2 Å². The topological polar surface area (TPSA) is 109 Å². The molecule has 5 rings (SSSR count). The highest BCUT2D eigenvalue weighted by atomic mass is 16.5. The molecule has 1 amide bonds. The summed E-state index contributed by atoms with van der Waals surface area (Å²) < 4.78 is 5.94. The van der Waals surface area contributed by atoms with Crippen molar-refractivity contribution >= 4 is 34.3 Å². The standard InChI is InChI=1S/C37H35N3O5/c1-2-22-40(36(42)33-21-18-27-10-6-8-14-31(27)38-33)23-24-45-29-19-16-26(17-20-29)25-34(37(43)44)39-32-15-9-7-13-30(32)35(41)28-11-4-3-5-12-28/h3-21,34,39H,2,22-25H2,1H3,(H,43,44)/t34-/m0/s1. The van der Waals surface area contributed by atoms with Crippen LogP contribution in [0.4, 0.5) is 5.69 Å². The molecule has 0 aliphatic carbocycles. The van der Waals surface area contributed by atoms with Gasteiger partial charge in [0.15, 0.2) is 5.78 Å². The number of hydrogen-bond donors (Lipinski definition) is 2. The maximum atomic E-state index is 13.2. The second kappa shape index (κ2) is 14.8. The lowest BCUT2D eigenvalue weighted by molar-refractivity contribution is -0.137. The summed E-state index contributed by atoms with van der Waals surface area (Å²) in [5.41, 5.74) is 3.37. The maximum Gasteiger partial charge on any atom is 0.326 e. The number of amides is 1. The molecule has 0 spiro atoms. The lowest BCUT2D eigenvalue weighted by Gasteiger charge is -2.22. The van der Waals surface area contributed by atoms with E-state index < -0.39 is 12.0 Å². The molecule has 1 atom stereocenters. The molecule has 0 saturated heterocycles. The number of benzene rings is 4. The number of fused-ring (bicyclic) bond motifs is 1. The predicted octanol–water partition coefficient (Wildman–Crippen LogP) is 6.50. The molecule has 5 aromatic rings. The third kappa shape index (κ3) is 7.92. The summed E-state index contributed by atoms with van der Waals surface area (Å²) in [6, 6.07) is 33.4. The van der Waals surface area contributed by atoms with Crippen LogP contribution in [0.3, 0.4) is 0 Å². The summed E-state index contributed by atoms with van der Waals surface area (Å²) in [5, 5.41) is 14.0. The van der Waals surface area contributed by atoms with Gasteiger partial charge >= 0.3 is 5.97 Å². The molecule has 8 heteroatoms. The predicted molar refractivity (Wildman–Crippen MR) is 175 cm³/mol. The highest BCUT2D eigenvalue weighted by molar-refractivity contribution is 6.12. The fourth-order valence-electron chi connectivity index (χ4n) is 5.10. The van der Waals surface area contributed by atoms with Crippen molar-refractivity contribution in [3.05, 3.63) is 138 Å². The maximum absolute atomic E-state index is 13.2. The van der Waals surface area contributed by atoms with Crippen LogP contribution in [0, 0.1) is 0 Å². The summed E-state index contributed by atoms with van der Waals surface area (Å²) >= 11 is 0. The third-order valence-electron chi connectivity index (χ3n) is 7.43. The average Bonchev–Trinajstić information content (AvgIpc) is 3.08. The molecule has 0 fully saturated rings. The van der Waals surface area contributed by atoms with Gasteiger partial charge in [-0.05, 0) is 48.4 Å². The number of aliphatic carboxylic acids is 1. The Bertz CT molecular complexity index is 1770. The summed E-state index contributed by atoms with van der Waals surface area (Å²) in [6.07, 6.45) is 0.999. The van der Waals surface area contributed by atoms with Crippen LogP contribution in [0.25, 0.3) is 10.9 Å². The fourth-order valence-corrected chi connectivity index (χ4v) is 5.10. The molecule has 8 nitrogen and oxygen atoms in total. The number of anilines is 1. The first-order valence-electron chi connectivity index (χ1n) is 15.0. The van der Waals surface area contributed by atoms with E-state index in [2.05, 4.69) is 10.3 Å². The van der Waals surface area contributed by atoms with Crippen molar-refractivity contribution in [2.24, 2.45) is 0 Å². The summed E-state index contributed by atoms with van der Waals surface area (Å²) in [5.74, 6) is -0.734. The molecular weight excluding hydrogens is 566 g/mol. The molecule has 0 unspecified atom stereocenters. The normalized spacial score (nSPS) is 11.5. The number of pyridine rings is 1. The van der Waals surface area contributed by atoms with Crippen molar-refractivity contribution in [3.8, 4) is 5.75 Å². The quantitative estimate of drug-likeness (QED) is 0.140. The number of carbonyl (C=O) groups excluding carboxylic acids is 2. The molecule has 45 heavy (non-hydrogen) atoms. The number of nitrogens with zero attached hydrogens (tertiary/aromatic N) is 2. The molecule has 0 radical (unpaired) electrons. The largest absolute Gasteiger partial charge is 0.492 e. The minimum Gasteiger partial charge on any atom is -0.492 e. The molecule has 2 N–H and O–H groups in total. The first kappa shape index (κ1) is 30.9. The molecule has 4 aromatic carbocycles. The van der Waals surface area contributed by atoms with Crippen LogP contribution in [0.15, 0.2) is 115 Å². The zero-order valence-electron chi connectivity index (χ0n) is 25.1. The van der Waals surface area contributed by atoms with E-state index >= 15 is 0 Å². The van der Waals surface area contributed by atoms with Gasteiger partial charge < -0.3 is 20.1 Å². The van der Waals surface area contributed by atoms with Crippen LogP contribution in [-0.4, -0.2) is 58.4 Å². The van der Waals surface area contributed by atoms with E-state index in [1.165, 1.54) is 0 Å². The molecule has 1 heterocycles. The Morgan fingerprint density at radius 2 is 1.53 bits per heavy atom. The van der Waals surface area contributed by atoms with Crippen LogP contribution in [0.1, 0.15) is 45.3 Å². The Morgan fingerprint density at radius 1 is 0.822 bits per heavy atom. The van der Waals surface area contributed by atoms with Crippen molar-refractivity contribution in [1.29, 1.82) is 0 Å². The summed E-state index contributed by atoms with van der Waals surface area (Å²) in [7, 11) is 0. The van der Waals surface area contributed by atoms with Gasteiger partial charge in [0.25, 0.3) is 5.91 Å². The Balaban J connectivity index is 1.19. The van der Waals surface area contributed by atoms with Crippen molar-refractivity contribution in [2.45, 2.75) is 25.8 Å². The molecule has 228 valence electrons. The SMILES string of the molecule is CCCN(CCOc1ccc(C[C@H](Nc2ccccc2C(=O)c2ccccc2)C(=O)O)cc1)C(=O)c1ccc2ccccc2n1. The number of carboxylic acids is 1. The Hall–Kier alpha value is -5.50. The molecular formula is C37H35N3O5. The average molecular weight is 602 g/mol. The van der Waals surface area contributed by atoms with Crippen molar-refractivity contribution in [1.82, 2.24) is 9.88 Å². The van der Waals surface area contributed by atoms with E-state index in [0.29, 0.717) is 48.0 Å². The second-order valence-electron chi connectivity index (χ2n) is 10.7. The number of ketones is 1. The molecule has 1 aromatic heterocycles. The lowest BCUT2D eigenvalue weighted by atomic mass is 10.00. The van der Waals surface area contributed by atoms with Crippen LogP contribution in [0.5, 0.6) is 5.75 Å². The van der Waals surface area contributed by atoms with Gasteiger partial charge in [0, 0.05) is 35.2 Å². The fraction of sp³-hybridized carbons (Fsp3) is 0.189. The number of ether oxygens (including phenoxy) is 1. The molecule has 0 bridgehead atoms. The molecule has 0 saturated carbocycles. The first-order chi connectivity index (χ1) is 21.9. The van der Waals surface area contributed by atoms with E-state index in [1.807, 2.05) is 55.5 Å². The van der Waals surface area contributed by atoms with Gasteiger partial charge in [0.2, 0.25) is 0 Å². The number of hydrogen-bond acceptors (Lipinski definition) is 6. The number of carbonyl (C=O) groups is 3. The lowest BCUT2D eigenvalue weighted by Crippen LogP contribution is -2.35. The van der Waals surface area contributed by atoms with Crippen molar-refractivity contribution in [2.75, 3.05) is 25.0 Å². The molecule has 0 aliphatic rings.